The van der Waals surface area contributed by atoms with Crippen LogP contribution in [-0.4, -0.2) is 17.5 Å². The Morgan fingerprint density at radius 2 is 1.69 bits per heavy atom. The molecule has 2 aromatic carbocycles. The first-order chi connectivity index (χ1) is 15.4. The number of hydrogen-bond acceptors (Lipinski definition) is 5. The van der Waals surface area contributed by atoms with E-state index in [0.29, 0.717) is 35.4 Å². The van der Waals surface area contributed by atoms with Crippen molar-refractivity contribution < 1.29 is 18.4 Å². The van der Waals surface area contributed by atoms with E-state index in [0.717, 1.165) is 22.2 Å². The molecule has 0 saturated carbocycles. The van der Waals surface area contributed by atoms with E-state index in [1.165, 1.54) is 12.1 Å². The van der Waals surface area contributed by atoms with E-state index in [2.05, 4.69) is 37.3 Å². The van der Waals surface area contributed by atoms with Gasteiger partial charge in [-0.05, 0) is 68.3 Å². The standard InChI is InChI=1S/C23H20BrFN4O3/c1-13-20-18(27-26-17-11-9-16(25)10-12-17)3-2-4-19(20)32-21(13)23(31)29-28-22(30)14-5-7-15(24)8-6-14/h5-12,26H,2-4H2,1H3,(H,28,30)(H,29,31)/b27-18+. The Labute approximate surface area is 192 Å². The highest BCUT2D eigenvalue weighted by atomic mass is 79.9. The number of fused-ring (bicyclic) bond motifs is 1. The number of hydrazine groups is 1. The molecule has 1 heterocycles. The lowest BCUT2D eigenvalue weighted by atomic mass is 9.93. The monoisotopic (exact) mass is 498 g/mol. The summed E-state index contributed by atoms with van der Waals surface area (Å²) in [6.07, 6.45) is 2.22. The molecule has 164 valence electrons. The molecule has 0 spiro atoms. The fraction of sp³-hybridized carbons (Fsp3) is 0.174. The molecule has 2 amide bonds. The highest BCUT2D eigenvalue weighted by molar-refractivity contribution is 9.10. The zero-order valence-corrected chi connectivity index (χ0v) is 18.8. The highest BCUT2D eigenvalue weighted by Crippen LogP contribution is 2.30. The topological polar surface area (TPSA) is 95.7 Å². The van der Waals surface area contributed by atoms with Crippen LogP contribution in [0.2, 0.25) is 0 Å². The molecule has 0 radical (unpaired) electrons. The van der Waals surface area contributed by atoms with Crippen LogP contribution in [0, 0.1) is 12.7 Å². The van der Waals surface area contributed by atoms with Gasteiger partial charge in [0.1, 0.15) is 11.6 Å². The van der Waals surface area contributed by atoms with E-state index in [4.69, 9.17) is 4.42 Å². The maximum absolute atomic E-state index is 13.1. The first kappa shape index (κ1) is 21.8. The Morgan fingerprint density at radius 1 is 1.00 bits per heavy atom. The SMILES string of the molecule is Cc1c(C(=O)NNC(=O)c2ccc(Br)cc2)oc2c1/C(=N/Nc1ccc(F)cc1)CCC2. The largest absolute Gasteiger partial charge is 0.455 e. The number of nitrogens with one attached hydrogen (secondary N) is 3. The number of carbonyl (C=O) groups is 2. The van der Waals surface area contributed by atoms with Gasteiger partial charge in [-0.1, -0.05) is 15.9 Å². The van der Waals surface area contributed by atoms with Gasteiger partial charge >= 0.3 is 5.91 Å². The summed E-state index contributed by atoms with van der Waals surface area (Å²) in [5, 5.41) is 4.46. The zero-order chi connectivity index (χ0) is 22.7. The van der Waals surface area contributed by atoms with Crippen LogP contribution in [-0.2, 0) is 6.42 Å². The fourth-order valence-electron chi connectivity index (χ4n) is 3.50. The normalized spacial score (nSPS) is 14.0. The summed E-state index contributed by atoms with van der Waals surface area (Å²) < 4.78 is 19.8. The van der Waals surface area contributed by atoms with E-state index in [1.807, 2.05) is 0 Å². The number of aryl methyl sites for hydroxylation is 1. The van der Waals surface area contributed by atoms with Crippen molar-refractivity contribution in [3.8, 4) is 0 Å². The number of halogens is 2. The Kier molecular flexibility index (Phi) is 6.36. The summed E-state index contributed by atoms with van der Waals surface area (Å²) in [5.74, 6) is -0.504. The lowest BCUT2D eigenvalue weighted by Crippen LogP contribution is -2.41. The van der Waals surface area contributed by atoms with Crippen molar-refractivity contribution in [1.82, 2.24) is 10.9 Å². The van der Waals surface area contributed by atoms with Crippen LogP contribution >= 0.6 is 15.9 Å². The minimum Gasteiger partial charge on any atom is -0.455 e. The third kappa shape index (κ3) is 4.72. The second-order valence-corrected chi connectivity index (χ2v) is 8.22. The highest BCUT2D eigenvalue weighted by Gasteiger charge is 2.28. The lowest BCUT2D eigenvalue weighted by molar-refractivity contribution is 0.0829. The molecule has 0 unspecified atom stereocenters. The molecule has 3 N–H and O–H groups in total. The first-order valence-corrected chi connectivity index (χ1v) is 10.8. The number of hydrogen-bond donors (Lipinski definition) is 3. The molecule has 4 rings (SSSR count). The molecule has 3 aromatic rings. The predicted octanol–water partition coefficient (Wildman–Crippen LogP) is 4.72. The number of carbonyl (C=O) groups excluding carboxylic acids is 2. The molecule has 0 aliphatic heterocycles. The number of amides is 2. The number of furan rings is 1. The van der Waals surface area contributed by atoms with E-state index in [9.17, 15) is 14.0 Å². The number of anilines is 1. The van der Waals surface area contributed by atoms with Gasteiger partial charge in [-0.15, -0.1) is 0 Å². The van der Waals surface area contributed by atoms with Crippen molar-refractivity contribution in [2.24, 2.45) is 5.10 Å². The van der Waals surface area contributed by atoms with E-state index < -0.39 is 11.8 Å². The molecular formula is C23H20BrFN4O3. The van der Waals surface area contributed by atoms with E-state index >= 15 is 0 Å². The average Bonchev–Trinajstić information content (AvgIpc) is 3.14. The van der Waals surface area contributed by atoms with Gasteiger partial charge in [-0.25, -0.2) is 4.39 Å². The van der Waals surface area contributed by atoms with Crippen LogP contribution in [0.1, 0.15) is 50.6 Å². The predicted molar refractivity (Wildman–Crippen MR) is 122 cm³/mol. The zero-order valence-electron chi connectivity index (χ0n) is 17.2. The van der Waals surface area contributed by atoms with Gasteiger partial charge < -0.3 is 4.42 Å². The number of rotatable bonds is 4. The Hall–Kier alpha value is -3.46. The Bertz CT molecular complexity index is 1190. The molecule has 1 aromatic heterocycles. The third-order valence-electron chi connectivity index (χ3n) is 5.09. The summed E-state index contributed by atoms with van der Waals surface area (Å²) in [5.41, 5.74) is 11.0. The third-order valence-corrected chi connectivity index (χ3v) is 5.62. The number of nitrogens with zero attached hydrogens (tertiary/aromatic N) is 1. The Balaban J connectivity index is 1.48. The quantitative estimate of drug-likeness (QED) is 0.453. The number of hydrazone groups is 1. The average molecular weight is 499 g/mol. The molecule has 0 atom stereocenters. The van der Waals surface area contributed by atoms with Crippen LogP contribution in [0.3, 0.4) is 0 Å². The minimum atomic E-state index is -0.548. The second-order valence-electron chi connectivity index (χ2n) is 7.30. The summed E-state index contributed by atoms with van der Waals surface area (Å²) in [6, 6.07) is 12.6. The molecule has 0 fully saturated rings. The summed E-state index contributed by atoms with van der Waals surface area (Å²) in [7, 11) is 0. The van der Waals surface area contributed by atoms with Crippen molar-refractivity contribution >= 4 is 39.1 Å². The number of benzene rings is 2. The van der Waals surface area contributed by atoms with E-state index in [1.54, 1.807) is 43.3 Å². The van der Waals surface area contributed by atoms with Crippen LogP contribution < -0.4 is 16.3 Å². The van der Waals surface area contributed by atoms with E-state index in [-0.39, 0.29) is 11.6 Å². The molecule has 1 aliphatic carbocycles. The molecule has 0 saturated heterocycles. The maximum atomic E-state index is 13.1. The smallest absolute Gasteiger partial charge is 0.305 e. The van der Waals surface area contributed by atoms with Crippen molar-refractivity contribution in [2.45, 2.75) is 26.2 Å². The van der Waals surface area contributed by atoms with Gasteiger partial charge in [0.15, 0.2) is 5.76 Å². The molecular weight excluding hydrogens is 479 g/mol. The summed E-state index contributed by atoms with van der Waals surface area (Å²) in [4.78, 5) is 24.9. The second kappa shape index (κ2) is 9.35. The van der Waals surface area contributed by atoms with Gasteiger partial charge in [0.05, 0.1) is 11.4 Å². The van der Waals surface area contributed by atoms with Gasteiger partial charge in [0.2, 0.25) is 0 Å². The molecule has 7 nitrogen and oxygen atoms in total. The molecule has 1 aliphatic rings. The summed E-state index contributed by atoms with van der Waals surface area (Å²) in [6.45, 7) is 1.78. The molecule has 9 heteroatoms. The first-order valence-electron chi connectivity index (χ1n) is 9.99. The maximum Gasteiger partial charge on any atom is 0.305 e. The van der Waals surface area contributed by atoms with Crippen LogP contribution in [0.25, 0.3) is 0 Å². The molecule has 32 heavy (non-hydrogen) atoms. The van der Waals surface area contributed by atoms with Crippen LogP contribution in [0.4, 0.5) is 10.1 Å². The van der Waals surface area contributed by atoms with Crippen molar-refractivity contribution in [1.29, 1.82) is 0 Å². The lowest BCUT2D eigenvalue weighted by Gasteiger charge is -2.13. The van der Waals surface area contributed by atoms with Crippen LogP contribution in [0.15, 0.2) is 62.5 Å². The minimum absolute atomic E-state index is 0.127. The van der Waals surface area contributed by atoms with Crippen molar-refractivity contribution in [2.75, 3.05) is 5.43 Å². The van der Waals surface area contributed by atoms with Crippen molar-refractivity contribution in [3.63, 3.8) is 0 Å². The van der Waals surface area contributed by atoms with Crippen LogP contribution in [0.5, 0.6) is 0 Å². The van der Waals surface area contributed by atoms with Gasteiger partial charge in [-0.3, -0.25) is 25.9 Å². The van der Waals surface area contributed by atoms with Gasteiger partial charge in [0.25, 0.3) is 5.91 Å². The van der Waals surface area contributed by atoms with Gasteiger partial charge in [0, 0.05) is 27.6 Å². The molecule has 0 bridgehead atoms. The van der Waals surface area contributed by atoms with Gasteiger partial charge in [-0.2, -0.15) is 5.10 Å². The van der Waals surface area contributed by atoms with Crippen molar-refractivity contribution in [3.05, 3.63) is 87.0 Å². The Morgan fingerprint density at radius 3 is 2.41 bits per heavy atom. The fourth-order valence-corrected chi connectivity index (χ4v) is 3.76. The summed E-state index contributed by atoms with van der Waals surface area (Å²) >= 11 is 3.31.